The zero-order chi connectivity index (χ0) is 19.3. The fourth-order valence-corrected chi connectivity index (χ4v) is 4.31. The highest BCUT2D eigenvalue weighted by Crippen LogP contribution is 2.38. The molecule has 4 rings (SSSR count). The maximum absolute atomic E-state index is 13.0. The summed E-state index contributed by atoms with van der Waals surface area (Å²) in [6, 6.07) is 4.08. The standard InChI is InChI=1S/C21H26N4O2/c1-11(2)19-16-10-25(6-5-17(16)23-24-19)18(26)9-15-14-8-12(3)7-13(4)20(14)22-21(15)27/h7-8,11,15H,5-6,9-10H2,1-4H3,(H,22,27)(H,23,24). The molecule has 0 aliphatic carbocycles. The molecule has 6 nitrogen and oxygen atoms in total. The molecule has 1 aromatic heterocycles. The Kier molecular flexibility index (Phi) is 4.29. The van der Waals surface area contributed by atoms with Crippen LogP contribution in [0.1, 0.15) is 65.7 Å². The molecule has 142 valence electrons. The number of carbonyl (C=O) groups is 2. The Labute approximate surface area is 159 Å². The number of amides is 2. The van der Waals surface area contributed by atoms with Crippen LogP contribution >= 0.6 is 0 Å². The second-order valence-electron chi connectivity index (χ2n) is 8.08. The van der Waals surface area contributed by atoms with Gasteiger partial charge in [0.05, 0.1) is 11.6 Å². The fourth-order valence-electron chi connectivity index (χ4n) is 4.31. The summed E-state index contributed by atoms with van der Waals surface area (Å²) in [7, 11) is 0. The summed E-state index contributed by atoms with van der Waals surface area (Å²) in [5, 5.41) is 10.5. The summed E-state index contributed by atoms with van der Waals surface area (Å²) in [6.45, 7) is 9.48. The second-order valence-corrected chi connectivity index (χ2v) is 8.08. The number of fused-ring (bicyclic) bond motifs is 2. The number of aryl methyl sites for hydroxylation is 2. The number of carbonyl (C=O) groups excluding carboxylic acids is 2. The molecule has 1 unspecified atom stereocenters. The Bertz CT molecular complexity index is 929. The van der Waals surface area contributed by atoms with Crippen LogP contribution in [0.25, 0.3) is 0 Å². The van der Waals surface area contributed by atoms with Crippen molar-refractivity contribution in [1.82, 2.24) is 15.1 Å². The highest BCUT2D eigenvalue weighted by Gasteiger charge is 2.35. The number of rotatable bonds is 3. The second kappa shape index (κ2) is 6.51. The van der Waals surface area contributed by atoms with Gasteiger partial charge in [-0.2, -0.15) is 5.10 Å². The molecule has 0 fully saturated rings. The largest absolute Gasteiger partial charge is 0.338 e. The van der Waals surface area contributed by atoms with Gasteiger partial charge in [-0.1, -0.05) is 31.5 Å². The highest BCUT2D eigenvalue weighted by atomic mass is 16.2. The van der Waals surface area contributed by atoms with Crippen LogP contribution in [-0.4, -0.2) is 33.5 Å². The quantitative estimate of drug-likeness (QED) is 0.876. The van der Waals surface area contributed by atoms with Gasteiger partial charge in [-0.15, -0.1) is 0 Å². The topological polar surface area (TPSA) is 78.1 Å². The van der Waals surface area contributed by atoms with E-state index in [0.29, 0.717) is 19.0 Å². The van der Waals surface area contributed by atoms with E-state index in [0.717, 1.165) is 45.7 Å². The number of aromatic nitrogens is 2. The molecule has 1 aromatic carbocycles. The van der Waals surface area contributed by atoms with Gasteiger partial charge >= 0.3 is 0 Å². The Hall–Kier alpha value is -2.63. The molecule has 0 radical (unpaired) electrons. The number of hydrogen-bond acceptors (Lipinski definition) is 3. The van der Waals surface area contributed by atoms with Gasteiger partial charge in [0.2, 0.25) is 11.8 Å². The van der Waals surface area contributed by atoms with Crippen molar-refractivity contribution >= 4 is 17.5 Å². The van der Waals surface area contributed by atoms with E-state index in [2.05, 4.69) is 35.4 Å². The average molecular weight is 366 g/mol. The third-order valence-electron chi connectivity index (χ3n) is 5.69. The van der Waals surface area contributed by atoms with Crippen LogP contribution in [0.15, 0.2) is 12.1 Å². The normalized spacial score (nSPS) is 18.5. The maximum atomic E-state index is 13.0. The average Bonchev–Trinajstić information content (AvgIpc) is 3.17. The van der Waals surface area contributed by atoms with E-state index in [1.807, 2.05) is 24.8 Å². The van der Waals surface area contributed by atoms with Crippen molar-refractivity contribution in [3.05, 3.63) is 45.8 Å². The lowest BCUT2D eigenvalue weighted by atomic mass is 9.93. The molecule has 0 saturated heterocycles. The summed E-state index contributed by atoms with van der Waals surface area (Å²) < 4.78 is 0. The van der Waals surface area contributed by atoms with Crippen LogP contribution in [0.5, 0.6) is 0 Å². The van der Waals surface area contributed by atoms with E-state index in [1.54, 1.807) is 0 Å². The maximum Gasteiger partial charge on any atom is 0.232 e. The predicted molar refractivity (Wildman–Crippen MR) is 104 cm³/mol. The molecule has 2 aliphatic heterocycles. The number of hydrogen-bond donors (Lipinski definition) is 2. The summed E-state index contributed by atoms with van der Waals surface area (Å²) in [5.74, 6) is -0.125. The lowest BCUT2D eigenvalue weighted by molar-refractivity contribution is -0.134. The van der Waals surface area contributed by atoms with Crippen molar-refractivity contribution in [2.75, 3.05) is 11.9 Å². The molecular weight excluding hydrogens is 340 g/mol. The molecule has 1 atom stereocenters. The molecule has 2 amide bonds. The van der Waals surface area contributed by atoms with Crippen molar-refractivity contribution in [3.63, 3.8) is 0 Å². The van der Waals surface area contributed by atoms with E-state index < -0.39 is 5.92 Å². The Balaban J connectivity index is 1.54. The number of H-pyrrole nitrogens is 1. The third-order valence-corrected chi connectivity index (χ3v) is 5.69. The Morgan fingerprint density at radius 3 is 2.85 bits per heavy atom. The zero-order valence-corrected chi connectivity index (χ0v) is 16.3. The Morgan fingerprint density at radius 1 is 1.33 bits per heavy atom. The minimum absolute atomic E-state index is 0.0312. The van der Waals surface area contributed by atoms with E-state index in [-0.39, 0.29) is 18.2 Å². The molecule has 3 heterocycles. The lowest BCUT2D eigenvalue weighted by Crippen LogP contribution is -2.37. The van der Waals surface area contributed by atoms with Crippen LogP contribution in [0, 0.1) is 13.8 Å². The first-order chi connectivity index (χ1) is 12.8. The van der Waals surface area contributed by atoms with Crippen molar-refractivity contribution in [2.24, 2.45) is 0 Å². The lowest BCUT2D eigenvalue weighted by Gasteiger charge is -2.28. The minimum atomic E-state index is -0.401. The molecule has 2 aromatic rings. The molecule has 2 aliphatic rings. The van der Waals surface area contributed by atoms with Gasteiger partial charge in [-0.3, -0.25) is 14.7 Å². The van der Waals surface area contributed by atoms with Crippen molar-refractivity contribution in [3.8, 4) is 0 Å². The highest BCUT2D eigenvalue weighted by molar-refractivity contribution is 6.05. The smallest absolute Gasteiger partial charge is 0.232 e. The predicted octanol–water partition coefficient (Wildman–Crippen LogP) is 3.16. The number of benzene rings is 1. The third kappa shape index (κ3) is 3.03. The van der Waals surface area contributed by atoms with Gasteiger partial charge in [-0.25, -0.2) is 0 Å². The number of nitrogens with one attached hydrogen (secondary N) is 2. The number of anilines is 1. The summed E-state index contributed by atoms with van der Waals surface area (Å²) in [4.78, 5) is 27.4. The van der Waals surface area contributed by atoms with Crippen molar-refractivity contribution in [1.29, 1.82) is 0 Å². The molecule has 0 saturated carbocycles. The van der Waals surface area contributed by atoms with Gasteiger partial charge in [0.25, 0.3) is 0 Å². The molecular formula is C21H26N4O2. The van der Waals surface area contributed by atoms with Gasteiger partial charge in [-0.05, 0) is 30.9 Å². The number of nitrogens with zero attached hydrogens (tertiary/aromatic N) is 2. The summed E-state index contributed by atoms with van der Waals surface area (Å²) in [6.07, 6.45) is 0.998. The summed E-state index contributed by atoms with van der Waals surface area (Å²) in [5.41, 5.74) is 7.32. The van der Waals surface area contributed by atoms with E-state index in [1.165, 1.54) is 0 Å². The minimum Gasteiger partial charge on any atom is -0.338 e. The first-order valence-electron chi connectivity index (χ1n) is 9.61. The van der Waals surface area contributed by atoms with Crippen LogP contribution in [0.2, 0.25) is 0 Å². The van der Waals surface area contributed by atoms with E-state index in [9.17, 15) is 9.59 Å². The SMILES string of the molecule is Cc1cc(C)c2c(c1)C(CC(=O)N1CCc3[nH]nc(C(C)C)c3C1)C(=O)N2. The van der Waals surface area contributed by atoms with Crippen LogP contribution in [0.3, 0.4) is 0 Å². The monoisotopic (exact) mass is 366 g/mol. The zero-order valence-electron chi connectivity index (χ0n) is 16.3. The van der Waals surface area contributed by atoms with Crippen LogP contribution in [0.4, 0.5) is 5.69 Å². The van der Waals surface area contributed by atoms with Crippen molar-refractivity contribution in [2.45, 2.75) is 58.9 Å². The van der Waals surface area contributed by atoms with E-state index in [4.69, 9.17) is 0 Å². The number of aromatic amines is 1. The molecule has 2 N–H and O–H groups in total. The molecule has 27 heavy (non-hydrogen) atoms. The van der Waals surface area contributed by atoms with Crippen LogP contribution < -0.4 is 5.32 Å². The molecule has 0 spiro atoms. The van der Waals surface area contributed by atoms with Crippen molar-refractivity contribution < 1.29 is 9.59 Å². The van der Waals surface area contributed by atoms with Gasteiger partial charge in [0.15, 0.2) is 0 Å². The summed E-state index contributed by atoms with van der Waals surface area (Å²) >= 11 is 0. The first-order valence-corrected chi connectivity index (χ1v) is 9.61. The first kappa shape index (κ1) is 17.8. The fraction of sp³-hybridized carbons (Fsp3) is 0.476. The van der Waals surface area contributed by atoms with Gasteiger partial charge in [0, 0.05) is 42.9 Å². The molecule has 0 bridgehead atoms. The van der Waals surface area contributed by atoms with Gasteiger partial charge in [0.1, 0.15) is 0 Å². The molecule has 6 heteroatoms. The van der Waals surface area contributed by atoms with Crippen LogP contribution in [-0.2, 0) is 22.6 Å². The van der Waals surface area contributed by atoms with Gasteiger partial charge < -0.3 is 10.2 Å². The Morgan fingerprint density at radius 2 is 2.11 bits per heavy atom. The van der Waals surface area contributed by atoms with E-state index >= 15 is 0 Å².